The molecule has 1 aromatic carbocycles. The topological polar surface area (TPSA) is 53.4 Å². The summed E-state index contributed by atoms with van der Waals surface area (Å²) in [6, 6.07) is 10.2. The van der Waals surface area contributed by atoms with Gasteiger partial charge in [-0.15, -0.1) is 5.10 Å². The van der Waals surface area contributed by atoms with Crippen molar-refractivity contribution in [3.05, 3.63) is 35.9 Å². The van der Waals surface area contributed by atoms with Crippen LogP contribution >= 0.6 is 0 Å². The fourth-order valence-electron chi connectivity index (χ4n) is 2.67. The molecule has 0 radical (unpaired) electrons. The molecule has 0 fully saturated rings. The summed E-state index contributed by atoms with van der Waals surface area (Å²) in [6.45, 7) is 8.19. The molecular weight excluding hydrogens is 316 g/mol. The van der Waals surface area contributed by atoms with Crippen molar-refractivity contribution in [2.24, 2.45) is 7.05 Å². The number of aryl methyl sites for hydroxylation is 1. The maximum Gasteiger partial charge on any atom is 0.306 e. The van der Waals surface area contributed by atoms with E-state index in [1.807, 2.05) is 57.6 Å². The highest BCUT2D eigenvalue weighted by molar-refractivity contribution is 5.69. The third-order valence-corrected chi connectivity index (χ3v) is 3.72. The van der Waals surface area contributed by atoms with Crippen LogP contribution in [-0.2, 0) is 16.6 Å². The predicted octanol–water partition coefficient (Wildman–Crippen LogP) is 4.29. The molecule has 2 rings (SSSR count). The molecule has 1 aromatic heterocycles. The van der Waals surface area contributed by atoms with Crippen molar-refractivity contribution in [2.45, 2.75) is 52.6 Å². The van der Waals surface area contributed by atoms with E-state index in [1.165, 1.54) is 0 Å². The van der Waals surface area contributed by atoms with Crippen LogP contribution in [0.4, 0.5) is 0 Å². The zero-order chi connectivity index (χ0) is 18.4. The van der Waals surface area contributed by atoms with Crippen LogP contribution in [0.25, 0.3) is 11.3 Å². The zero-order valence-corrected chi connectivity index (χ0v) is 15.8. The summed E-state index contributed by atoms with van der Waals surface area (Å²) in [5.41, 5.74) is 2.78. The summed E-state index contributed by atoms with van der Waals surface area (Å²) in [5, 5.41) is 4.47. The fourth-order valence-corrected chi connectivity index (χ4v) is 2.67. The molecule has 5 heteroatoms. The van der Waals surface area contributed by atoms with E-state index in [0.717, 1.165) is 29.7 Å². The van der Waals surface area contributed by atoms with Crippen molar-refractivity contribution in [1.29, 1.82) is 0 Å². The van der Waals surface area contributed by atoms with E-state index in [1.54, 1.807) is 0 Å². The Hall–Kier alpha value is -2.30. The Morgan fingerprint density at radius 1 is 1.16 bits per heavy atom. The van der Waals surface area contributed by atoms with E-state index in [-0.39, 0.29) is 5.97 Å². The summed E-state index contributed by atoms with van der Waals surface area (Å²) < 4.78 is 13.0. The highest BCUT2D eigenvalue weighted by Crippen LogP contribution is 2.29. The van der Waals surface area contributed by atoms with Crippen LogP contribution in [0.15, 0.2) is 30.3 Å². The number of benzene rings is 1. The molecule has 1 heterocycles. The summed E-state index contributed by atoms with van der Waals surface area (Å²) in [7, 11) is 1.92. The molecule has 0 spiro atoms. The quantitative estimate of drug-likeness (QED) is 0.555. The Kier molecular flexibility index (Phi) is 6.23. The minimum Gasteiger partial charge on any atom is -0.476 e. The molecule has 25 heavy (non-hydrogen) atoms. The van der Waals surface area contributed by atoms with Crippen LogP contribution in [0.3, 0.4) is 0 Å². The molecule has 0 saturated carbocycles. The lowest BCUT2D eigenvalue weighted by molar-refractivity contribution is -0.154. The van der Waals surface area contributed by atoms with Gasteiger partial charge in [-0.2, -0.15) is 0 Å². The predicted molar refractivity (Wildman–Crippen MR) is 98.6 cm³/mol. The highest BCUT2D eigenvalue weighted by atomic mass is 16.6. The van der Waals surface area contributed by atoms with Crippen molar-refractivity contribution in [2.75, 3.05) is 6.61 Å². The fraction of sp³-hybridized carbons (Fsp3) is 0.500. The lowest BCUT2D eigenvalue weighted by Crippen LogP contribution is -2.23. The molecular formula is C20H28N2O3. The van der Waals surface area contributed by atoms with Gasteiger partial charge in [-0.05, 0) is 40.5 Å². The second-order valence-electron chi connectivity index (χ2n) is 7.16. The SMILES string of the molecule is Cc1c(OCCCCC(=O)OC(C)(C)C)nn(C)c1-c1ccccc1. The molecule has 0 bridgehead atoms. The number of hydrogen-bond donors (Lipinski definition) is 0. The van der Waals surface area contributed by atoms with Gasteiger partial charge >= 0.3 is 5.97 Å². The maximum absolute atomic E-state index is 11.7. The smallest absolute Gasteiger partial charge is 0.306 e. The van der Waals surface area contributed by atoms with Crippen molar-refractivity contribution < 1.29 is 14.3 Å². The first-order chi connectivity index (χ1) is 11.8. The number of carbonyl (C=O) groups excluding carboxylic acids is 1. The van der Waals surface area contributed by atoms with Crippen molar-refractivity contribution in [3.8, 4) is 17.1 Å². The first kappa shape index (κ1) is 19.0. The van der Waals surface area contributed by atoms with Gasteiger partial charge in [-0.1, -0.05) is 30.3 Å². The first-order valence-corrected chi connectivity index (χ1v) is 8.71. The lowest BCUT2D eigenvalue weighted by Gasteiger charge is -2.19. The molecule has 0 aliphatic rings. The zero-order valence-electron chi connectivity index (χ0n) is 15.8. The Labute approximate surface area is 149 Å². The lowest BCUT2D eigenvalue weighted by atomic mass is 10.1. The van der Waals surface area contributed by atoms with Crippen molar-refractivity contribution >= 4 is 5.97 Å². The third-order valence-electron chi connectivity index (χ3n) is 3.72. The number of esters is 1. The van der Waals surface area contributed by atoms with Gasteiger partial charge < -0.3 is 9.47 Å². The van der Waals surface area contributed by atoms with E-state index < -0.39 is 5.60 Å². The molecule has 0 unspecified atom stereocenters. The number of hydrogen-bond acceptors (Lipinski definition) is 4. The van der Waals surface area contributed by atoms with E-state index in [0.29, 0.717) is 18.9 Å². The molecule has 0 atom stereocenters. The number of ether oxygens (including phenoxy) is 2. The maximum atomic E-state index is 11.7. The molecule has 136 valence electrons. The third kappa shape index (κ3) is 5.62. The van der Waals surface area contributed by atoms with Gasteiger partial charge in [0.05, 0.1) is 12.3 Å². The van der Waals surface area contributed by atoms with E-state index >= 15 is 0 Å². The van der Waals surface area contributed by atoms with E-state index in [9.17, 15) is 4.79 Å². The highest BCUT2D eigenvalue weighted by Gasteiger charge is 2.16. The van der Waals surface area contributed by atoms with Crippen LogP contribution in [0, 0.1) is 6.92 Å². The molecule has 0 aliphatic heterocycles. The Bertz CT molecular complexity index is 700. The average molecular weight is 344 g/mol. The number of carbonyl (C=O) groups is 1. The van der Waals surface area contributed by atoms with E-state index in [2.05, 4.69) is 17.2 Å². The minimum atomic E-state index is -0.424. The number of aromatic nitrogens is 2. The van der Waals surface area contributed by atoms with E-state index in [4.69, 9.17) is 9.47 Å². The normalized spacial score (nSPS) is 11.4. The number of rotatable bonds is 7. The van der Waals surface area contributed by atoms with Gasteiger partial charge in [0.15, 0.2) is 0 Å². The first-order valence-electron chi connectivity index (χ1n) is 8.71. The van der Waals surface area contributed by atoms with Gasteiger partial charge in [0.1, 0.15) is 5.60 Å². The molecule has 0 saturated heterocycles. The van der Waals surface area contributed by atoms with Gasteiger partial charge in [0.2, 0.25) is 5.88 Å². The molecule has 2 aromatic rings. The minimum absolute atomic E-state index is 0.159. The van der Waals surface area contributed by atoms with Crippen LogP contribution in [0.1, 0.15) is 45.6 Å². The van der Waals surface area contributed by atoms with Crippen LogP contribution in [0.2, 0.25) is 0 Å². The Morgan fingerprint density at radius 2 is 1.84 bits per heavy atom. The second kappa shape index (κ2) is 8.19. The average Bonchev–Trinajstić information content (AvgIpc) is 2.80. The van der Waals surface area contributed by atoms with Crippen LogP contribution < -0.4 is 4.74 Å². The summed E-state index contributed by atoms with van der Waals surface area (Å²) in [4.78, 5) is 11.7. The number of nitrogens with zero attached hydrogens (tertiary/aromatic N) is 2. The van der Waals surface area contributed by atoms with Gasteiger partial charge in [-0.3, -0.25) is 9.48 Å². The molecule has 0 N–H and O–H groups in total. The van der Waals surface area contributed by atoms with Gasteiger partial charge in [-0.25, -0.2) is 0 Å². The second-order valence-corrected chi connectivity index (χ2v) is 7.16. The van der Waals surface area contributed by atoms with Crippen molar-refractivity contribution in [1.82, 2.24) is 9.78 Å². The van der Waals surface area contributed by atoms with Crippen LogP contribution in [0.5, 0.6) is 5.88 Å². The Morgan fingerprint density at radius 3 is 2.48 bits per heavy atom. The molecule has 0 aliphatic carbocycles. The van der Waals surface area contributed by atoms with Gasteiger partial charge in [0, 0.05) is 24.6 Å². The summed E-state index contributed by atoms with van der Waals surface area (Å²) >= 11 is 0. The summed E-state index contributed by atoms with van der Waals surface area (Å²) in [6.07, 6.45) is 1.94. The Balaban J connectivity index is 1.83. The molecule has 5 nitrogen and oxygen atoms in total. The van der Waals surface area contributed by atoms with Crippen LogP contribution in [-0.4, -0.2) is 28.0 Å². The number of unbranched alkanes of at least 4 members (excludes halogenated alkanes) is 1. The molecule has 0 amide bonds. The monoisotopic (exact) mass is 344 g/mol. The van der Waals surface area contributed by atoms with Gasteiger partial charge in [0.25, 0.3) is 0 Å². The van der Waals surface area contributed by atoms with Crippen molar-refractivity contribution in [3.63, 3.8) is 0 Å². The standard InChI is InChI=1S/C20H28N2O3/c1-15-18(16-11-7-6-8-12-16)22(5)21-19(15)24-14-10-9-13-17(23)25-20(2,3)4/h6-8,11-12H,9-10,13-14H2,1-5H3. The largest absolute Gasteiger partial charge is 0.476 e. The summed E-state index contributed by atoms with van der Waals surface area (Å²) in [5.74, 6) is 0.492.